The molecule has 3 aromatic rings. The third-order valence-corrected chi connectivity index (χ3v) is 9.25. The first kappa shape index (κ1) is 32.4. The fraction of sp³-hybridized carbons (Fsp3) is 0.500. The minimum absolute atomic E-state index is 0.137. The maximum absolute atomic E-state index is 15.7. The number of nitrogens with zero attached hydrogens (tertiary/aromatic N) is 7. The highest BCUT2D eigenvalue weighted by molar-refractivity contribution is 5.66. The first-order chi connectivity index (χ1) is 22.5. The number of anilines is 3. The van der Waals surface area contributed by atoms with Crippen LogP contribution in [0.15, 0.2) is 48.8 Å². The number of likely N-dealkylation sites (tertiary alicyclic amines) is 1. The van der Waals surface area contributed by atoms with Crippen molar-refractivity contribution in [3.63, 3.8) is 0 Å². The molecule has 1 aromatic heterocycles. The van der Waals surface area contributed by atoms with Gasteiger partial charge < -0.3 is 29.7 Å². The lowest BCUT2D eigenvalue weighted by atomic mass is 9.78. The van der Waals surface area contributed by atoms with Crippen LogP contribution in [0.5, 0.6) is 5.75 Å². The molecule has 0 radical (unpaired) electrons. The largest absolute Gasteiger partial charge is 0.486 e. The van der Waals surface area contributed by atoms with E-state index in [1.165, 1.54) is 6.33 Å². The van der Waals surface area contributed by atoms with Gasteiger partial charge in [0.1, 0.15) is 24.3 Å². The standard InChI is InChI=1S/C34H41FN8O4/c1-21-17-41(13-14-42(21)26-18-46-19-26)25-8-6-24(7-9-25)39-32-38-20-37-31(40-32)22-5-10-27(23(15-22)16-36)47-28-11-12-43(33(44)45)30(29(28)35)34(2,3)4/h5-10,15,20-21,26,28-30H,11-14,17-19H2,1-4H3,(H,44,45)(H,37,38,39,40)/t21-,28-,29-,30?/m0/s1. The van der Waals surface area contributed by atoms with Crippen molar-refractivity contribution < 1.29 is 23.8 Å². The summed E-state index contributed by atoms with van der Waals surface area (Å²) >= 11 is 0. The summed E-state index contributed by atoms with van der Waals surface area (Å²) in [5.41, 5.74) is 2.11. The Kier molecular flexibility index (Phi) is 9.16. The van der Waals surface area contributed by atoms with E-state index in [4.69, 9.17) is 9.47 Å². The number of carboxylic acid groups (broad SMARTS) is 1. The molecule has 3 aliphatic heterocycles. The van der Waals surface area contributed by atoms with Crippen LogP contribution in [0, 0.1) is 16.7 Å². The zero-order chi connectivity index (χ0) is 33.3. The maximum atomic E-state index is 15.7. The number of aromatic nitrogens is 3. The van der Waals surface area contributed by atoms with Crippen molar-refractivity contribution in [1.82, 2.24) is 24.8 Å². The maximum Gasteiger partial charge on any atom is 0.407 e. The molecule has 4 atom stereocenters. The van der Waals surface area contributed by atoms with Gasteiger partial charge in [-0.15, -0.1) is 0 Å². The van der Waals surface area contributed by atoms with E-state index in [1.54, 1.807) is 39.0 Å². The third-order valence-electron chi connectivity index (χ3n) is 9.25. The van der Waals surface area contributed by atoms with Gasteiger partial charge in [-0.25, -0.2) is 19.2 Å². The van der Waals surface area contributed by atoms with Crippen LogP contribution in [0.3, 0.4) is 0 Å². The fourth-order valence-corrected chi connectivity index (χ4v) is 6.79. The Bertz CT molecular complexity index is 1620. The van der Waals surface area contributed by atoms with Gasteiger partial charge in [0, 0.05) is 55.6 Å². The Morgan fingerprint density at radius 1 is 1.13 bits per heavy atom. The van der Waals surface area contributed by atoms with E-state index < -0.39 is 29.8 Å². The lowest BCUT2D eigenvalue weighted by Gasteiger charge is -2.47. The van der Waals surface area contributed by atoms with Crippen LogP contribution in [-0.4, -0.2) is 106 Å². The van der Waals surface area contributed by atoms with Gasteiger partial charge in [-0.1, -0.05) is 20.8 Å². The van der Waals surface area contributed by atoms with Crippen LogP contribution in [0.1, 0.15) is 39.7 Å². The Labute approximate surface area is 274 Å². The second kappa shape index (κ2) is 13.3. The summed E-state index contributed by atoms with van der Waals surface area (Å²) in [7, 11) is 0. The van der Waals surface area contributed by atoms with Gasteiger partial charge in [0.25, 0.3) is 0 Å². The Morgan fingerprint density at radius 2 is 1.89 bits per heavy atom. The highest BCUT2D eigenvalue weighted by Gasteiger charge is 2.47. The van der Waals surface area contributed by atoms with Crippen LogP contribution in [0.2, 0.25) is 0 Å². The number of nitrogens with one attached hydrogen (secondary N) is 1. The van der Waals surface area contributed by atoms with Gasteiger partial charge >= 0.3 is 6.09 Å². The van der Waals surface area contributed by atoms with Crippen molar-refractivity contribution in [3.8, 4) is 23.2 Å². The summed E-state index contributed by atoms with van der Waals surface area (Å²) < 4.78 is 27.2. The smallest absolute Gasteiger partial charge is 0.407 e. The van der Waals surface area contributed by atoms with Gasteiger partial charge in [0.2, 0.25) is 5.95 Å². The van der Waals surface area contributed by atoms with E-state index in [1.807, 2.05) is 12.1 Å². The van der Waals surface area contributed by atoms with E-state index in [0.717, 1.165) is 49.1 Å². The summed E-state index contributed by atoms with van der Waals surface area (Å²) in [6.45, 7) is 12.4. The number of amides is 1. The zero-order valence-electron chi connectivity index (χ0n) is 27.1. The van der Waals surface area contributed by atoms with Gasteiger partial charge in [-0.2, -0.15) is 10.2 Å². The number of rotatable bonds is 7. The molecule has 0 bridgehead atoms. The van der Waals surface area contributed by atoms with Crippen LogP contribution in [-0.2, 0) is 4.74 Å². The molecular formula is C34H41FN8O4. The minimum atomic E-state index is -1.57. The third kappa shape index (κ3) is 6.94. The first-order valence-corrected chi connectivity index (χ1v) is 16.0. The molecule has 47 heavy (non-hydrogen) atoms. The molecule has 0 saturated carbocycles. The fourth-order valence-electron chi connectivity index (χ4n) is 6.79. The van der Waals surface area contributed by atoms with Crippen molar-refractivity contribution in [1.29, 1.82) is 5.26 Å². The Morgan fingerprint density at radius 3 is 2.53 bits per heavy atom. The van der Waals surface area contributed by atoms with E-state index >= 15 is 4.39 Å². The summed E-state index contributed by atoms with van der Waals surface area (Å²) in [6, 6.07) is 15.3. The SMILES string of the molecule is C[C@H]1CN(c2ccc(Nc3ncnc(-c4ccc(O[C@H]5CCN(C(=O)O)C(C(C)(C)C)[C@H]5F)c(C#N)c4)n3)cc2)CCN1C1COC1. The van der Waals surface area contributed by atoms with Gasteiger partial charge in [0.05, 0.1) is 30.9 Å². The molecule has 2 N–H and O–H groups in total. The van der Waals surface area contributed by atoms with E-state index in [9.17, 15) is 15.2 Å². The molecule has 0 aliphatic carbocycles. The van der Waals surface area contributed by atoms with Gasteiger partial charge in [-0.05, 0) is 54.8 Å². The number of halogens is 1. The number of piperidine rings is 1. The van der Waals surface area contributed by atoms with Crippen LogP contribution in [0.4, 0.5) is 26.5 Å². The number of nitriles is 1. The van der Waals surface area contributed by atoms with E-state index in [-0.39, 0.29) is 24.3 Å². The normalized spacial score (nSPS) is 23.9. The number of piperazine rings is 1. The molecule has 6 rings (SSSR count). The number of benzene rings is 2. The number of alkyl halides is 1. The Balaban J connectivity index is 1.11. The van der Waals surface area contributed by atoms with Gasteiger partial charge in [0.15, 0.2) is 12.0 Å². The number of hydrogen-bond acceptors (Lipinski definition) is 10. The molecule has 3 saturated heterocycles. The van der Waals surface area contributed by atoms with Crippen LogP contribution < -0.4 is 15.0 Å². The second-order valence-electron chi connectivity index (χ2n) is 13.5. The number of ether oxygens (including phenoxy) is 2. The molecule has 12 nitrogen and oxygen atoms in total. The van der Waals surface area contributed by atoms with Crippen molar-refractivity contribution >= 4 is 23.4 Å². The highest BCUT2D eigenvalue weighted by Crippen LogP contribution is 2.37. The summed E-state index contributed by atoms with van der Waals surface area (Å²) in [5, 5.41) is 22.8. The summed E-state index contributed by atoms with van der Waals surface area (Å²) in [6.07, 6.45) is -2.06. The quantitative estimate of drug-likeness (QED) is 0.361. The average Bonchev–Trinajstić information content (AvgIpc) is 3.02. The van der Waals surface area contributed by atoms with E-state index in [0.29, 0.717) is 29.4 Å². The average molecular weight is 645 g/mol. The molecule has 2 aromatic carbocycles. The molecule has 248 valence electrons. The molecule has 0 spiro atoms. The number of hydrogen-bond donors (Lipinski definition) is 2. The zero-order valence-corrected chi connectivity index (χ0v) is 27.1. The summed E-state index contributed by atoms with van der Waals surface area (Å²) in [5.74, 6) is 0.933. The molecule has 1 unspecified atom stereocenters. The topological polar surface area (TPSA) is 140 Å². The van der Waals surface area contributed by atoms with Crippen molar-refractivity contribution in [2.24, 2.45) is 5.41 Å². The predicted octanol–water partition coefficient (Wildman–Crippen LogP) is 4.95. The van der Waals surface area contributed by atoms with Crippen molar-refractivity contribution in [2.75, 3.05) is 49.6 Å². The molecule has 13 heteroatoms. The number of carbonyl (C=O) groups is 1. The molecule has 4 heterocycles. The Hall–Kier alpha value is -4.54. The second-order valence-corrected chi connectivity index (χ2v) is 13.5. The highest BCUT2D eigenvalue weighted by atomic mass is 19.1. The van der Waals surface area contributed by atoms with Crippen LogP contribution >= 0.6 is 0 Å². The minimum Gasteiger partial charge on any atom is -0.486 e. The van der Waals surface area contributed by atoms with Crippen molar-refractivity contribution in [3.05, 3.63) is 54.4 Å². The monoisotopic (exact) mass is 644 g/mol. The lowest BCUT2D eigenvalue weighted by Crippen LogP contribution is -2.60. The first-order valence-electron chi connectivity index (χ1n) is 16.0. The van der Waals surface area contributed by atoms with Crippen LogP contribution in [0.25, 0.3) is 11.4 Å². The lowest BCUT2D eigenvalue weighted by molar-refractivity contribution is -0.0792. The summed E-state index contributed by atoms with van der Waals surface area (Å²) in [4.78, 5) is 31.0. The predicted molar refractivity (Wildman–Crippen MR) is 175 cm³/mol. The molecular weight excluding hydrogens is 603 g/mol. The molecule has 3 fully saturated rings. The molecule has 1 amide bonds. The van der Waals surface area contributed by atoms with Gasteiger partial charge in [-0.3, -0.25) is 4.90 Å². The van der Waals surface area contributed by atoms with E-state index in [2.05, 4.69) is 55.2 Å². The molecule has 3 aliphatic rings. The van der Waals surface area contributed by atoms with Crippen molar-refractivity contribution in [2.45, 2.75) is 64.5 Å².